The second-order valence-electron chi connectivity index (χ2n) is 7.15. The molecule has 172 valence electrons. The number of aliphatic hydroxyl groups is 1. The first-order valence-electron chi connectivity index (χ1n) is 9.85. The van der Waals surface area contributed by atoms with E-state index in [4.69, 9.17) is 39.5 Å². The van der Waals surface area contributed by atoms with Gasteiger partial charge < -0.3 is 9.84 Å². The molecule has 0 aliphatic rings. The summed E-state index contributed by atoms with van der Waals surface area (Å²) in [7, 11) is 1.51. The Labute approximate surface area is 202 Å². The number of ether oxygens (including phenoxy) is 1. The summed E-state index contributed by atoms with van der Waals surface area (Å²) in [4.78, 5) is 34.8. The van der Waals surface area contributed by atoms with Crippen LogP contribution in [0.4, 0.5) is 0 Å². The van der Waals surface area contributed by atoms with Gasteiger partial charge in [-0.1, -0.05) is 40.9 Å². The lowest BCUT2D eigenvalue weighted by Gasteiger charge is -2.12. The Morgan fingerprint density at radius 1 is 1.09 bits per heavy atom. The largest absolute Gasteiger partial charge is 0.424 e. The van der Waals surface area contributed by atoms with Crippen molar-refractivity contribution in [1.82, 2.24) is 23.7 Å². The number of benzene rings is 1. The molecule has 0 aliphatic carbocycles. The van der Waals surface area contributed by atoms with Crippen LogP contribution in [0.25, 0.3) is 11.2 Å². The predicted octanol–water partition coefficient (Wildman–Crippen LogP) is 3.47. The molecule has 0 bridgehead atoms. The summed E-state index contributed by atoms with van der Waals surface area (Å²) in [5, 5.41) is 10.1. The molecular formula is C21H18Cl3N5O4. The molecule has 4 rings (SSSR count). The van der Waals surface area contributed by atoms with Gasteiger partial charge in [-0.15, -0.1) is 0 Å². The van der Waals surface area contributed by atoms with E-state index in [0.29, 0.717) is 10.7 Å². The second kappa shape index (κ2) is 9.56. The van der Waals surface area contributed by atoms with Crippen LogP contribution in [0.1, 0.15) is 12.1 Å². The third-order valence-electron chi connectivity index (χ3n) is 4.96. The molecule has 1 aromatic carbocycles. The van der Waals surface area contributed by atoms with Gasteiger partial charge in [-0.3, -0.25) is 23.5 Å². The summed E-state index contributed by atoms with van der Waals surface area (Å²) in [5.41, 5.74) is -0.263. The molecule has 0 atom stereocenters. The number of hydrogen-bond acceptors (Lipinski definition) is 6. The van der Waals surface area contributed by atoms with Crippen molar-refractivity contribution in [3.05, 3.63) is 78.1 Å². The van der Waals surface area contributed by atoms with Gasteiger partial charge in [0.1, 0.15) is 5.02 Å². The van der Waals surface area contributed by atoms with Crippen molar-refractivity contribution in [3.8, 4) is 11.8 Å². The normalized spacial score (nSPS) is 11.3. The number of halogens is 3. The van der Waals surface area contributed by atoms with Crippen molar-refractivity contribution in [1.29, 1.82) is 0 Å². The Kier molecular flexibility index (Phi) is 6.76. The van der Waals surface area contributed by atoms with E-state index in [-0.39, 0.29) is 59.1 Å². The van der Waals surface area contributed by atoms with Gasteiger partial charge in [0.2, 0.25) is 0 Å². The highest BCUT2D eigenvalue weighted by Crippen LogP contribution is 2.35. The second-order valence-corrected chi connectivity index (χ2v) is 8.37. The van der Waals surface area contributed by atoms with Gasteiger partial charge in [0.05, 0.1) is 22.3 Å². The number of hydrogen-bond donors (Lipinski definition) is 1. The molecule has 12 heteroatoms. The Hall–Kier alpha value is -2.85. The van der Waals surface area contributed by atoms with Crippen LogP contribution < -0.4 is 16.0 Å². The molecule has 0 saturated carbocycles. The quantitative estimate of drug-likeness (QED) is 0.408. The summed E-state index contributed by atoms with van der Waals surface area (Å²) in [5.74, 6) is 0.232. The number of aliphatic hydroxyl groups excluding tert-OH is 1. The molecule has 9 nitrogen and oxygen atoms in total. The van der Waals surface area contributed by atoms with Crippen LogP contribution in [0.3, 0.4) is 0 Å². The van der Waals surface area contributed by atoms with Crippen molar-refractivity contribution in [2.45, 2.75) is 19.5 Å². The van der Waals surface area contributed by atoms with Gasteiger partial charge in [-0.25, -0.2) is 4.79 Å². The molecule has 1 N–H and O–H groups in total. The van der Waals surface area contributed by atoms with Crippen molar-refractivity contribution in [3.63, 3.8) is 0 Å². The minimum absolute atomic E-state index is 0.0259. The summed E-state index contributed by atoms with van der Waals surface area (Å²) in [6.07, 6.45) is 1.73. The fourth-order valence-electron chi connectivity index (χ4n) is 3.33. The van der Waals surface area contributed by atoms with Gasteiger partial charge in [0.15, 0.2) is 16.9 Å². The lowest BCUT2D eigenvalue weighted by atomic mass is 10.3. The molecule has 4 aromatic rings. The van der Waals surface area contributed by atoms with Crippen LogP contribution in [0.15, 0.2) is 46.1 Å². The lowest BCUT2D eigenvalue weighted by molar-refractivity contribution is 0.277. The van der Waals surface area contributed by atoms with E-state index in [0.717, 1.165) is 4.57 Å². The molecule has 0 radical (unpaired) electrons. The number of pyridine rings is 1. The Morgan fingerprint density at radius 3 is 2.58 bits per heavy atom. The molecule has 0 fully saturated rings. The standard InChI is InChI=1S/C21H18Cl3N5O4/c1-27-18-17(19(31)28(21(27)32)8-3-9-30)29(11-13-7-6-12(22)10-25-13)20(26-18)33-15-5-2-4-14(23)16(15)24/h2,4-7,10,30H,3,8-9,11H2,1H3. The fraction of sp³-hybridized carbons (Fsp3) is 0.238. The van der Waals surface area contributed by atoms with Gasteiger partial charge >= 0.3 is 11.7 Å². The van der Waals surface area contributed by atoms with Crippen LogP contribution in [-0.4, -0.2) is 35.4 Å². The minimum atomic E-state index is -0.560. The van der Waals surface area contributed by atoms with Gasteiger partial charge in [0, 0.05) is 26.4 Å². The van der Waals surface area contributed by atoms with E-state index in [1.807, 2.05) is 0 Å². The zero-order chi connectivity index (χ0) is 23.7. The fourth-order valence-corrected chi connectivity index (χ4v) is 3.77. The number of fused-ring (bicyclic) bond motifs is 1. The van der Waals surface area contributed by atoms with Crippen LogP contribution in [0.2, 0.25) is 15.1 Å². The van der Waals surface area contributed by atoms with Gasteiger partial charge in [-0.2, -0.15) is 4.98 Å². The highest BCUT2D eigenvalue weighted by atomic mass is 35.5. The number of aryl methyl sites for hydroxylation is 1. The zero-order valence-corrected chi connectivity index (χ0v) is 19.6. The first-order valence-corrected chi connectivity index (χ1v) is 11.0. The smallest absolute Gasteiger partial charge is 0.332 e. The van der Waals surface area contributed by atoms with Crippen molar-refractivity contribution in [2.24, 2.45) is 7.05 Å². The molecule has 0 aliphatic heterocycles. The van der Waals surface area contributed by atoms with Crippen LogP contribution in [-0.2, 0) is 20.1 Å². The van der Waals surface area contributed by atoms with Gasteiger partial charge in [-0.05, 0) is 30.7 Å². The summed E-state index contributed by atoms with van der Waals surface area (Å²) >= 11 is 18.3. The van der Waals surface area contributed by atoms with Crippen LogP contribution in [0, 0.1) is 0 Å². The van der Waals surface area contributed by atoms with E-state index >= 15 is 0 Å². The Morgan fingerprint density at radius 2 is 1.88 bits per heavy atom. The topological polar surface area (TPSA) is 104 Å². The first kappa shape index (κ1) is 23.3. The van der Waals surface area contributed by atoms with Crippen LogP contribution in [0.5, 0.6) is 11.8 Å². The van der Waals surface area contributed by atoms with E-state index in [2.05, 4.69) is 9.97 Å². The van der Waals surface area contributed by atoms with E-state index in [1.165, 1.54) is 22.4 Å². The first-order chi connectivity index (χ1) is 15.8. The highest BCUT2D eigenvalue weighted by molar-refractivity contribution is 6.42. The lowest BCUT2D eigenvalue weighted by Crippen LogP contribution is -2.39. The molecule has 33 heavy (non-hydrogen) atoms. The summed E-state index contributed by atoms with van der Waals surface area (Å²) in [6, 6.07) is 8.29. The number of imidazole rings is 1. The van der Waals surface area contributed by atoms with Crippen molar-refractivity contribution >= 4 is 46.0 Å². The van der Waals surface area contributed by atoms with E-state index in [9.17, 15) is 14.7 Å². The molecule has 3 heterocycles. The van der Waals surface area contributed by atoms with E-state index in [1.54, 1.807) is 30.3 Å². The molecule has 0 unspecified atom stereocenters. The summed E-state index contributed by atoms with van der Waals surface area (Å²) in [6.45, 7) is -0.00349. The maximum Gasteiger partial charge on any atom is 0.332 e. The molecule has 0 spiro atoms. The Balaban J connectivity index is 1.95. The number of rotatable bonds is 7. The van der Waals surface area contributed by atoms with Gasteiger partial charge in [0.25, 0.3) is 5.56 Å². The highest BCUT2D eigenvalue weighted by Gasteiger charge is 2.23. The monoisotopic (exact) mass is 509 g/mol. The average Bonchev–Trinajstić information content (AvgIpc) is 3.15. The van der Waals surface area contributed by atoms with Crippen molar-refractivity contribution < 1.29 is 9.84 Å². The minimum Gasteiger partial charge on any atom is -0.424 e. The summed E-state index contributed by atoms with van der Waals surface area (Å²) < 4.78 is 9.78. The van der Waals surface area contributed by atoms with Crippen molar-refractivity contribution in [2.75, 3.05) is 6.61 Å². The molecule has 3 aromatic heterocycles. The van der Waals surface area contributed by atoms with E-state index < -0.39 is 11.2 Å². The van der Waals surface area contributed by atoms with Crippen LogP contribution >= 0.6 is 34.8 Å². The zero-order valence-electron chi connectivity index (χ0n) is 17.3. The third-order valence-corrected chi connectivity index (χ3v) is 5.99. The number of aromatic nitrogens is 5. The Bertz CT molecular complexity index is 1440. The molecule has 0 amide bonds. The number of nitrogens with zero attached hydrogens (tertiary/aromatic N) is 5. The molecule has 0 saturated heterocycles. The average molecular weight is 511 g/mol. The maximum atomic E-state index is 13.3. The SMILES string of the molecule is Cn1c(=O)n(CCCO)c(=O)c2c1nc(Oc1cccc(Cl)c1Cl)n2Cc1ccc(Cl)cn1. The molecular weight excluding hydrogens is 493 g/mol. The maximum absolute atomic E-state index is 13.3. The third kappa shape index (κ3) is 4.49. The predicted molar refractivity (Wildman–Crippen MR) is 126 cm³/mol.